The normalized spacial score (nSPS) is 18.8. The van der Waals surface area contributed by atoms with Gasteiger partial charge in [-0.25, -0.2) is 0 Å². The highest BCUT2D eigenvalue weighted by Crippen LogP contribution is 2.22. The van der Waals surface area contributed by atoms with Gasteiger partial charge in [0.1, 0.15) is 0 Å². The molecule has 1 heterocycles. The van der Waals surface area contributed by atoms with E-state index in [0.29, 0.717) is 0 Å². The number of amides is 1. The van der Waals surface area contributed by atoms with Crippen molar-refractivity contribution in [1.29, 1.82) is 0 Å². The Morgan fingerprint density at radius 3 is 2.12 bits per heavy atom. The minimum Gasteiger partial charge on any atom is -0.395 e. The van der Waals surface area contributed by atoms with Gasteiger partial charge in [0.2, 0.25) is 5.91 Å². The van der Waals surface area contributed by atoms with Gasteiger partial charge in [0.05, 0.1) is 12.6 Å². The molecule has 1 amide bonds. The van der Waals surface area contributed by atoms with Crippen molar-refractivity contribution in [3.8, 4) is 0 Å². The molecule has 5 nitrogen and oxygen atoms in total. The number of nitrogens with zero attached hydrogens (tertiary/aromatic N) is 2. The molecular formula is C20H33N3O2. The summed E-state index contributed by atoms with van der Waals surface area (Å²) < 4.78 is 0. The second-order valence-corrected chi connectivity index (χ2v) is 7.26. The maximum Gasteiger partial charge on any atom is 0.241 e. The molecule has 5 heteroatoms. The SMILES string of the molecule is CCC(CO)N1CCN(C(C)C(=O)Nc2c(C)cc(C)cc2C)CC1. The highest BCUT2D eigenvalue weighted by atomic mass is 16.3. The van der Waals surface area contributed by atoms with Crippen molar-refractivity contribution >= 4 is 11.6 Å². The molecule has 2 rings (SSSR count). The molecule has 25 heavy (non-hydrogen) atoms. The molecule has 0 aliphatic carbocycles. The monoisotopic (exact) mass is 347 g/mol. The number of hydrogen-bond donors (Lipinski definition) is 2. The molecule has 1 aliphatic rings. The van der Waals surface area contributed by atoms with Gasteiger partial charge in [-0.1, -0.05) is 24.6 Å². The Kier molecular flexibility index (Phi) is 6.99. The number of hydrogen-bond acceptors (Lipinski definition) is 4. The van der Waals surface area contributed by atoms with Gasteiger partial charge < -0.3 is 10.4 Å². The van der Waals surface area contributed by atoms with Gasteiger partial charge in [0, 0.05) is 37.9 Å². The van der Waals surface area contributed by atoms with E-state index in [2.05, 4.69) is 41.1 Å². The highest BCUT2D eigenvalue weighted by Gasteiger charge is 2.28. The molecule has 1 aromatic carbocycles. The van der Waals surface area contributed by atoms with E-state index >= 15 is 0 Å². The number of aliphatic hydroxyl groups is 1. The highest BCUT2D eigenvalue weighted by molar-refractivity contribution is 5.96. The Morgan fingerprint density at radius 2 is 1.64 bits per heavy atom. The fourth-order valence-electron chi connectivity index (χ4n) is 3.76. The Morgan fingerprint density at radius 1 is 1.12 bits per heavy atom. The van der Waals surface area contributed by atoms with E-state index in [1.54, 1.807) is 0 Å². The molecular weight excluding hydrogens is 314 g/mol. The van der Waals surface area contributed by atoms with Crippen LogP contribution in [-0.4, -0.2) is 65.7 Å². The minimum absolute atomic E-state index is 0.0534. The minimum atomic E-state index is -0.156. The van der Waals surface area contributed by atoms with E-state index in [1.165, 1.54) is 5.56 Å². The molecule has 1 saturated heterocycles. The van der Waals surface area contributed by atoms with E-state index in [-0.39, 0.29) is 24.6 Å². The van der Waals surface area contributed by atoms with Crippen LogP contribution >= 0.6 is 0 Å². The zero-order chi connectivity index (χ0) is 18.6. The van der Waals surface area contributed by atoms with Crippen molar-refractivity contribution < 1.29 is 9.90 Å². The lowest BCUT2D eigenvalue weighted by Gasteiger charge is -2.40. The number of aliphatic hydroxyl groups excluding tert-OH is 1. The van der Waals surface area contributed by atoms with Gasteiger partial charge in [-0.2, -0.15) is 0 Å². The number of nitrogens with one attached hydrogen (secondary N) is 1. The second-order valence-electron chi connectivity index (χ2n) is 7.26. The second kappa shape index (κ2) is 8.79. The first kappa shape index (κ1) is 19.9. The molecule has 2 N–H and O–H groups in total. The third-order valence-corrected chi connectivity index (χ3v) is 5.40. The fraction of sp³-hybridized carbons (Fsp3) is 0.650. The number of carbonyl (C=O) groups is 1. The number of anilines is 1. The van der Waals surface area contributed by atoms with Crippen LogP contribution in [0.5, 0.6) is 0 Å². The average molecular weight is 348 g/mol. The predicted molar refractivity (Wildman–Crippen MR) is 103 cm³/mol. The first-order chi connectivity index (χ1) is 11.9. The standard InChI is InChI=1S/C20H33N3O2/c1-6-18(13-24)23-9-7-22(8-10-23)17(5)20(25)21-19-15(3)11-14(2)12-16(19)4/h11-12,17-18,24H,6-10,13H2,1-5H3,(H,21,25). The fourth-order valence-corrected chi connectivity index (χ4v) is 3.76. The van der Waals surface area contributed by atoms with Crippen LogP contribution in [0.4, 0.5) is 5.69 Å². The van der Waals surface area contributed by atoms with Crippen LogP contribution in [0.3, 0.4) is 0 Å². The number of aryl methyl sites for hydroxylation is 3. The van der Waals surface area contributed by atoms with Crippen LogP contribution in [0.1, 0.15) is 37.0 Å². The maximum absolute atomic E-state index is 12.7. The Hall–Kier alpha value is -1.43. The van der Waals surface area contributed by atoms with E-state index in [9.17, 15) is 9.90 Å². The molecule has 140 valence electrons. The van der Waals surface area contributed by atoms with Gasteiger partial charge in [-0.15, -0.1) is 0 Å². The van der Waals surface area contributed by atoms with Crippen molar-refractivity contribution in [2.75, 3.05) is 38.1 Å². The number of rotatable bonds is 6. The molecule has 0 radical (unpaired) electrons. The van der Waals surface area contributed by atoms with Crippen LogP contribution in [0.2, 0.25) is 0 Å². The summed E-state index contributed by atoms with van der Waals surface area (Å²) in [5.41, 5.74) is 4.37. The molecule has 2 unspecified atom stereocenters. The van der Waals surface area contributed by atoms with Gasteiger partial charge in [-0.05, 0) is 45.2 Å². The first-order valence-electron chi connectivity index (χ1n) is 9.35. The number of piperazine rings is 1. The third-order valence-electron chi connectivity index (χ3n) is 5.40. The van der Waals surface area contributed by atoms with Crippen LogP contribution < -0.4 is 5.32 Å². The van der Waals surface area contributed by atoms with E-state index in [1.807, 2.05) is 20.8 Å². The lowest BCUT2D eigenvalue weighted by Crippen LogP contribution is -2.55. The maximum atomic E-state index is 12.7. The van der Waals surface area contributed by atoms with E-state index < -0.39 is 0 Å². The zero-order valence-electron chi connectivity index (χ0n) is 16.3. The molecule has 2 atom stereocenters. The van der Waals surface area contributed by atoms with Crippen molar-refractivity contribution in [2.24, 2.45) is 0 Å². The first-order valence-corrected chi connectivity index (χ1v) is 9.35. The lowest BCUT2D eigenvalue weighted by atomic mass is 10.0. The van der Waals surface area contributed by atoms with Crippen molar-refractivity contribution in [3.63, 3.8) is 0 Å². The molecule has 0 spiro atoms. The van der Waals surface area contributed by atoms with Gasteiger partial charge in [-0.3, -0.25) is 14.6 Å². The third kappa shape index (κ3) is 4.81. The van der Waals surface area contributed by atoms with Crippen LogP contribution in [0.15, 0.2) is 12.1 Å². The largest absolute Gasteiger partial charge is 0.395 e. The Bertz CT molecular complexity index is 568. The van der Waals surface area contributed by atoms with E-state index in [4.69, 9.17) is 0 Å². The molecule has 1 aromatic rings. The molecule has 1 fully saturated rings. The summed E-state index contributed by atoms with van der Waals surface area (Å²) in [6, 6.07) is 4.29. The summed E-state index contributed by atoms with van der Waals surface area (Å²) in [7, 11) is 0. The van der Waals surface area contributed by atoms with Crippen molar-refractivity contribution in [2.45, 2.75) is 53.1 Å². The van der Waals surface area contributed by atoms with Crippen LogP contribution in [0.25, 0.3) is 0 Å². The van der Waals surface area contributed by atoms with E-state index in [0.717, 1.165) is 49.4 Å². The molecule has 0 bridgehead atoms. The van der Waals surface area contributed by atoms with Crippen molar-refractivity contribution in [1.82, 2.24) is 9.80 Å². The smallest absolute Gasteiger partial charge is 0.241 e. The lowest BCUT2D eigenvalue weighted by molar-refractivity contribution is -0.121. The molecule has 0 aromatic heterocycles. The molecule has 0 saturated carbocycles. The van der Waals surface area contributed by atoms with Gasteiger partial charge in [0.15, 0.2) is 0 Å². The van der Waals surface area contributed by atoms with Crippen LogP contribution in [0, 0.1) is 20.8 Å². The topological polar surface area (TPSA) is 55.8 Å². The van der Waals surface area contributed by atoms with Gasteiger partial charge >= 0.3 is 0 Å². The number of benzene rings is 1. The summed E-state index contributed by atoms with van der Waals surface area (Å²) in [5.74, 6) is 0.0534. The summed E-state index contributed by atoms with van der Waals surface area (Å²) >= 11 is 0. The summed E-state index contributed by atoms with van der Waals surface area (Å²) in [4.78, 5) is 17.3. The molecule has 1 aliphatic heterocycles. The zero-order valence-corrected chi connectivity index (χ0v) is 16.3. The quantitative estimate of drug-likeness (QED) is 0.829. The van der Waals surface area contributed by atoms with Crippen LogP contribution in [-0.2, 0) is 4.79 Å². The predicted octanol–water partition coefficient (Wildman–Crippen LogP) is 2.33. The van der Waals surface area contributed by atoms with Crippen molar-refractivity contribution in [3.05, 3.63) is 28.8 Å². The Balaban J connectivity index is 1.95. The Labute approximate surface area is 152 Å². The summed E-state index contributed by atoms with van der Waals surface area (Å²) in [5, 5.41) is 12.6. The average Bonchev–Trinajstić information content (AvgIpc) is 2.59. The number of carbonyl (C=O) groups excluding carboxylic acids is 1. The summed E-state index contributed by atoms with van der Waals surface area (Å²) in [6.07, 6.45) is 0.957. The van der Waals surface area contributed by atoms with Gasteiger partial charge in [0.25, 0.3) is 0 Å². The summed E-state index contributed by atoms with van der Waals surface area (Å²) in [6.45, 7) is 14.0.